The molecule has 0 aliphatic heterocycles. The quantitative estimate of drug-likeness (QED) is 0.781. The minimum Gasteiger partial charge on any atom is -0.489 e. The molecule has 1 aromatic rings. The molecule has 108 valence electrons. The minimum absolute atomic E-state index is 0.0826. The Morgan fingerprint density at radius 1 is 1.26 bits per heavy atom. The van der Waals surface area contributed by atoms with Gasteiger partial charge < -0.3 is 15.0 Å². The third-order valence-corrected chi connectivity index (χ3v) is 2.99. The van der Waals surface area contributed by atoms with Crippen LogP contribution in [0.5, 0.6) is 5.75 Å². The van der Waals surface area contributed by atoms with E-state index in [-0.39, 0.29) is 6.10 Å². The van der Waals surface area contributed by atoms with E-state index in [9.17, 15) is 0 Å². The van der Waals surface area contributed by atoms with Crippen molar-refractivity contribution in [3.63, 3.8) is 0 Å². The van der Waals surface area contributed by atoms with Crippen molar-refractivity contribution in [2.75, 3.05) is 27.2 Å². The first-order valence-electron chi connectivity index (χ1n) is 6.40. The zero-order chi connectivity index (χ0) is 14.4. The van der Waals surface area contributed by atoms with Gasteiger partial charge in [0.05, 0.1) is 11.1 Å². The molecule has 0 aromatic heterocycles. The standard InChI is InChI=1S/C14H22Cl2N2O/c1-10(2)19-14-11(7-12(15)8-13(14)16)9-17-5-6-18(3)4/h7-8,10,17H,5-6,9H2,1-4H3. The van der Waals surface area contributed by atoms with Gasteiger partial charge in [-0.25, -0.2) is 0 Å². The second kappa shape index (κ2) is 7.95. The van der Waals surface area contributed by atoms with E-state index in [1.54, 1.807) is 6.07 Å². The molecule has 0 saturated heterocycles. The van der Waals surface area contributed by atoms with E-state index in [1.165, 1.54) is 0 Å². The fourth-order valence-electron chi connectivity index (χ4n) is 1.64. The summed E-state index contributed by atoms with van der Waals surface area (Å²) in [5.41, 5.74) is 0.991. The highest BCUT2D eigenvalue weighted by molar-refractivity contribution is 6.35. The largest absolute Gasteiger partial charge is 0.489 e. The summed E-state index contributed by atoms with van der Waals surface area (Å²) in [7, 11) is 4.09. The maximum atomic E-state index is 6.20. The Labute approximate surface area is 125 Å². The summed E-state index contributed by atoms with van der Waals surface area (Å²) >= 11 is 12.2. The molecule has 1 aromatic carbocycles. The van der Waals surface area contributed by atoms with Gasteiger partial charge in [-0.1, -0.05) is 23.2 Å². The van der Waals surface area contributed by atoms with Gasteiger partial charge in [-0.05, 0) is 40.1 Å². The predicted molar refractivity (Wildman–Crippen MR) is 82.5 cm³/mol. The van der Waals surface area contributed by atoms with Crippen LogP contribution in [0, 0.1) is 0 Å². The predicted octanol–water partition coefficient (Wildman–Crippen LogP) is 3.43. The molecule has 0 fully saturated rings. The lowest BCUT2D eigenvalue weighted by Crippen LogP contribution is -2.26. The fraction of sp³-hybridized carbons (Fsp3) is 0.571. The molecule has 1 rings (SSSR count). The monoisotopic (exact) mass is 304 g/mol. The average Bonchev–Trinajstić information content (AvgIpc) is 2.28. The Kier molecular flexibility index (Phi) is 6.94. The van der Waals surface area contributed by atoms with Crippen molar-refractivity contribution in [3.05, 3.63) is 27.7 Å². The fourth-order valence-corrected chi connectivity index (χ4v) is 2.22. The van der Waals surface area contributed by atoms with Crippen LogP contribution in [0.15, 0.2) is 12.1 Å². The molecule has 0 bridgehead atoms. The van der Waals surface area contributed by atoms with Crippen LogP contribution in [-0.4, -0.2) is 38.2 Å². The van der Waals surface area contributed by atoms with E-state index in [0.29, 0.717) is 16.6 Å². The summed E-state index contributed by atoms with van der Waals surface area (Å²) in [6, 6.07) is 3.61. The summed E-state index contributed by atoms with van der Waals surface area (Å²) in [6.45, 7) is 6.53. The molecule has 0 aliphatic rings. The molecule has 0 heterocycles. The number of benzene rings is 1. The van der Waals surface area contributed by atoms with Crippen molar-refractivity contribution >= 4 is 23.2 Å². The number of nitrogens with zero attached hydrogens (tertiary/aromatic N) is 1. The average molecular weight is 305 g/mol. The first kappa shape index (κ1) is 16.6. The molecule has 0 atom stereocenters. The SMILES string of the molecule is CC(C)Oc1c(Cl)cc(Cl)cc1CNCCN(C)C. The highest BCUT2D eigenvalue weighted by Crippen LogP contribution is 2.33. The summed E-state index contributed by atoms with van der Waals surface area (Å²) in [6.07, 6.45) is 0.0826. The van der Waals surface area contributed by atoms with Gasteiger partial charge in [-0.2, -0.15) is 0 Å². The highest BCUT2D eigenvalue weighted by Gasteiger charge is 2.12. The first-order valence-corrected chi connectivity index (χ1v) is 7.15. The summed E-state index contributed by atoms with van der Waals surface area (Å²) in [5, 5.41) is 4.55. The number of hydrogen-bond acceptors (Lipinski definition) is 3. The Bertz CT molecular complexity index is 409. The van der Waals surface area contributed by atoms with Crippen LogP contribution in [-0.2, 0) is 6.54 Å². The van der Waals surface area contributed by atoms with Crippen LogP contribution >= 0.6 is 23.2 Å². The summed E-state index contributed by atoms with van der Waals surface area (Å²) < 4.78 is 5.77. The maximum absolute atomic E-state index is 6.20. The van der Waals surface area contributed by atoms with Crippen molar-refractivity contribution in [2.24, 2.45) is 0 Å². The number of rotatable bonds is 7. The molecule has 5 heteroatoms. The molecule has 0 unspecified atom stereocenters. The van der Waals surface area contributed by atoms with Crippen LogP contribution in [0.25, 0.3) is 0 Å². The van der Waals surface area contributed by atoms with Crippen LogP contribution in [0.2, 0.25) is 10.0 Å². The third-order valence-electron chi connectivity index (χ3n) is 2.49. The molecule has 1 N–H and O–H groups in total. The van der Waals surface area contributed by atoms with E-state index in [1.807, 2.05) is 34.0 Å². The summed E-state index contributed by atoms with van der Waals surface area (Å²) in [5.74, 6) is 0.721. The highest BCUT2D eigenvalue weighted by atomic mass is 35.5. The van der Waals surface area contributed by atoms with Crippen LogP contribution in [0.1, 0.15) is 19.4 Å². The van der Waals surface area contributed by atoms with Gasteiger partial charge in [0.2, 0.25) is 0 Å². The Hall–Kier alpha value is -0.480. The molecule has 3 nitrogen and oxygen atoms in total. The molecule has 0 saturated carbocycles. The van der Waals surface area contributed by atoms with Crippen molar-refractivity contribution < 1.29 is 4.74 Å². The second-order valence-corrected chi connectivity index (χ2v) is 5.87. The van der Waals surface area contributed by atoms with Crippen molar-refractivity contribution in [2.45, 2.75) is 26.5 Å². The molecular weight excluding hydrogens is 283 g/mol. The van der Waals surface area contributed by atoms with E-state index >= 15 is 0 Å². The molecule has 0 aliphatic carbocycles. The Morgan fingerprint density at radius 2 is 1.95 bits per heavy atom. The third kappa shape index (κ3) is 6.00. The summed E-state index contributed by atoms with van der Waals surface area (Å²) in [4.78, 5) is 2.13. The van der Waals surface area contributed by atoms with E-state index < -0.39 is 0 Å². The minimum atomic E-state index is 0.0826. The Morgan fingerprint density at radius 3 is 2.53 bits per heavy atom. The van der Waals surface area contributed by atoms with Gasteiger partial charge in [-0.3, -0.25) is 0 Å². The zero-order valence-corrected chi connectivity index (χ0v) is 13.5. The van der Waals surface area contributed by atoms with E-state index in [4.69, 9.17) is 27.9 Å². The van der Waals surface area contributed by atoms with Gasteiger partial charge in [0.25, 0.3) is 0 Å². The molecule has 19 heavy (non-hydrogen) atoms. The lowest BCUT2D eigenvalue weighted by molar-refractivity contribution is 0.239. The van der Waals surface area contributed by atoms with Gasteiger partial charge in [0.1, 0.15) is 5.75 Å². The topological polar surface area (TPSA) is 24.5 Å². The lowest BCUT2D eigenvalue weighted by atomic mass is 10.2. The zero-order valence-electron chi connectivity index (χ0n) is 12.0. The smallest absolute Gasteiger partial charge is 0.142 e. The van der Waals surface area contributed by atoms with Crippen LogP contribution in [0.3, 0.4) is 0 Å². The van der Waals surface area contributed by atoms with Gasteiger partial charge in [0.15, 0.2) is 0 Å². The number of likely N-dealkylation sites (N-methyl/N-ethyl adjacent to an activating group) is 1. The maximum Gasteiger partial charge on any atom is 0.142 e. The van der Waals surface area contributed by atoms with Crippen molar-refractivity contribution in [3.8, 4) is 5.75 Å². The second-order valence-electron chi connectivity index (χ2n) is 5.02. The van der Waals surface area contributed by atoms with Crippen molar-refractivity contribution in [1.29, 1.82) is 0 Å². The van der Waals surface area contributed by atoms with Gasteiger partial charge in [-0.15, -0.1) is 0 Å². The van der Waals surface area contributed by atoms with E-state index in [0.717, 1.165) is 24.4 Å². The first-order chi connectivity index (χ1) is 8.90. The normalized spacial score (nSPS) is 11.4. The molecule has 0 spiro atoms. The number of ether oxygens (including phenoxy) is 1. The lowest BCUT2D eigenvalue weighted by Gasteiger charge is -2.17. The Balaban J connectivity index is 2.73. The number of halogens is 2. The van der Waals surface area contributed by atoms with Crippen LogP contribution in [0.4, 0.5) is 0 Å². The van der Waals surface area contributed by atoms with Gasteiger partial charge in [0, 0.05) is 30.2 Å². The van der Waals surface area contributed by atoms with Crippen LogP contribution < -0.4 is 10.1 Å². The molecule has 0 amide bonds. The van der Waals surface area contributed by atoms with Gasteiger partial charge >= 0.3 is 0 Å². The molecule has 0 radical (unpaired) electrons. The molecular formula is C14H22Cl2N2O. The van der Waals surface area contributed by atoms with Crippen molar-refractivity contribution in [1.82, 2.24) is 10.2 Å². The number of nitrogens with one attached hydrogen (secondary N) is 1. The number of hydrogen-bond donors (Lipinski definition) is 1. The van der Waals surface area contributed by atoms with E-state index in [2.05, 4.69) is 10.2 Å².